The Morgan fingerprint density at radius 3 is 2.75 bits per heavy atom. The number of fused-ring (bicyclic) bond motifs is 1. The van der Waals surface area contributed by atoms with E-state index in [1.807, 2.05) is 4.90 Å². The number of alkyl halides is 2. The quantitative estimate of drug-likeness (QED) is 0.549. The lowest BCUT2D eigenvalue weighted by atomic mass is 9.54. The van der Waals surface area contributed by atoms with Crippen molar-refractivity contribution < 1.29 is 17.2 Å². The van der Waals surface area contributed by atoms with Gasteiger partial charge in [0.15, 0.2) is 5.65 Å². The highest BCUT2D eigenvalue weighted by Crippen LogP contribution is 2.29. The van der Waals surface area contributed by atoms with Gasteiger partial charge in [0, 0.05) is 19.2 Å². The third kappa shape index (κ3) is 4.75. The minimum absolute atomic E-state index is 0.365. The molecule has 0 amide bonds. The lowest BCUT2D eigenvalue weighted by molar-refractivity contribution is 0.144. The van der Waals surface area contributed by atoms with Gasteiger partial charge in [-0.05, 0) is 36.2 Å². The van der Waals surface area contributed by atoms with Gasteiger partial charge in [-0.3, -0.25) is 0 Å². The molecule has 4 rings (SSSR count). The Hall–Kier alpha value is -2.60. The van der Waals surface area contributed by atoms with Crippen molar-refractivity contribution in [3.8, 4) is 11.4 Å². The van der Waals surface area contributed by atoms with Crippen LogP contribution in [-0.2, 0) is 10.0 Å². The molecule has 3 aromatic rings. The molecule has 1 aliphatic rings. The molecule has 0 bridgehead atoms. The monoisotopic (exact) mass is 457 g/mol. The van der Waals surface area contributed by atoms with Crippen molar-refractivity contribution >= 4 is 37.2 Å². The number of aromatic nitrogens is 5. The molecule has 1 N–H and O–H groups in total. The zero-order valence-corrected chi connectivity index (χ0v) is 18.0. The van der Waals surface area contributed by atoms with Gasteiger partial charge in [-0.2, -0.15) is 5.10 Å². The largest absolute Gasteiger partial charge is 0.356 e. The Morgan fingerprint density at radius 2 is 2.03 bits per heavy atom. The van der Waals surface area contributed by atoms with Gasteiger partial charge in [0.25, 0.3) is 6.43 Å². The molecule has 9 nitrogen and oxygen atoms in total. The van der Waals surface area contributed by atoms with E-state index >= 15 is 0 Å². The van der Waals surface area contributed by atoms with Crippen molar-refractivity contribution in [2.75, 3.05) is 24.2 Å². The summed E-state index contributed by atoms with van der Waals surface area (Å²) < 4.78 is 53.0. The highest BCUT2D eigenvalue weighted by Gasteiger charge is 2.34. The van der Waals surface area contributed by atoms with E-state index in [-0.39, 0.29) is 11.6 Å². The summed E-state index contributed by atoms with van der Waals surface area (Å²) in [6.07, 6.45) is 2.51. The lowest BCUT2D eigenvalue weighted by Crippen LogP contribution is -2.59. The van der Waals surface area contributed by atoms with Crippen LogP contribution in [0, 0.1) is 5.92 Å². The lowest BCUT2D eigenvalue weighted by Gasteiger charge is -2.42. The molecule has 1 unspecified atom stereocenters. The first-order valence-electron chi connectivity index (χ1n) is 9.80. The first kappa shape index (κ1) is 22.6. The van der Waals surface area contributed by atoms with Crippen molar-refractivity contribution in [2.24, 2.45) is 5.92 Å². The maximum absolute atomic E-state index is 13.1. The van der Waals surface area contributed by atoms with E-state index in [0.29, 0.717) is 42.4 Å². The molecule has 0 spiro atoms. The molecule has 1 atom stereocenters. The van der Waals surface area contributed by atoms with Crippen LogP contribution >= 0.6 is 0 Å². The van der Waals surface area contributed by atoms with Gasteiger partial charge < -0.3 is 4.90 Å². The van der Waals surface area contributed by atoms with Gasteiger partial charge in [0.1, 0.15) is 23.5 Å². The smallest absolute Gasteiger partial charge is 0.282 e. The molecule has 0 aromatic carbocycles. The number of sulfonamides is 1. The van der Waals surface area contributed by atoms with Crippen molar-refractivity contribution in [2.45, 2.75) is 24.6 Å². The third-order valence-corrected chi connectivity index (χ3v) is 6.03. The molecular weight excluding hydrogens is 438 g/mol. The Labute approximate surface area is 186 Å². The zero-order valence-electron chi connectivity index (χ0n) is 17.2. The number of piperidine rings is 1. The predicted octanol–water partition coefficient (Wildman–Crippen LogP) is 0.880. The molecule has 3 aromatic heterocycles. The van der Waals surface area contributed by atoms with Crippen LogP contribution in [0.2, 0.25) is 0 Å². The molecule has 1 fully saturated rings. The molecule has 1 saturated heterocycles. The number of imidazole rings is 1. The van der Waals surface area contributed by atoms with E-state index < -0.39 is 21.8 Å². The van der Waals surface area contributed by atoms with Gasteiger partial charge in [0.2, 0.25) is 10.0 Å². The van der Waals surface area contributed by atoms with Crippen LogP contribution < -0.4 is 9.62 Å². The Morgan fingerprint density at radius 1 is 1.25 bits per heavy atom. The first-order valence-corrected chi connectivity index (χ1v) is 11.7. The molecular formula is C18H19B2F2N7O2S. The molecule has 32 heavy (non-hydrogen) atoms. The van der Waals surface area contributed by atoms with Crippen LogP contribution in [-0.4, -0.2) is 73.4 Å². The fourth-order valence-electron chi connectivity index (χ4n) is 3.82. The fraction of sp³-hybridized carbons (Fsp3) is 0.444. The Kier molecular flexibility index (Phi) is 5.93. The number of anilines is 1. The molecule has 1 aliphatic heterocycles. The van der Waals surface area contributed by atoms with Gasteiger partial charge in [-0.1, -0.05) is 0 Å². The number of halogens is 2. The van der Waals surface area contributed by atoms with E-state index in [1.54, 1.807) is 6.07 Å². The SMILES string of the molecule is [B]C([B])(NS(C)(=O)=O)C1CCCN(c2cc(-c3cnc4ccc(C(F)F)nn34)ncn2)C1. The van der Waals surface area contributed by atoms with E-state index in [0.717, 1.165) is 12.7 Å². The summed E-state index contributed by atoms with van der Waals surface area (Å²) in [7, 11) is 8.55. The average molecular weight is 457 g/mol. The standard InChI is InChI=1S/C18H19B2F2N7O2S/c1-32(30,31)27-18(19,20)11-3-2-6-28(9-11)16-7-13(24-10-25-16)14-8-23-15-5-4-12(17(21)22)26-29(14)15/h4-5,7-8,10-11,17,27H,2-3,6,9H2,1H3. The summed E-state index contributed by atoms with van der Waals surface area (Å²) in [5.41, 5.74) is 0.922. The topological polar surface area (TPSA) is 105 Å². The van der Waals surface area contributed by atoms with Gasteiger partial charge in [-0.25, -0.2) is 41.4 Å². The summed E-state index contributed by atoms with van der Waals surface area (Å²) in [4.78, 5) is 14.7. The second-order valence-corrected chi connectivity index (χ2v) is 9.57. The average Bonchev–Trinajstić information content (AvgIpc) is 3.15. The molecule has 164 valence electrons. The van der Waals surface area contributed by atoms with Gasteiger partial charge >= 0.3 is 0 Å². The molecule has 4 heterocycles. The summed E-state index contributed by atoms with van der Waals surface area (Å²) in [5.74, 6) is 0.199. The van der Waals surface area contributed by atoms with Crippen LogP contribution in [0.15, 0.2) is 30.7 Å². The van der Waals surface area contributed by atoms with Gasteiger partial charge in [0.05, 0.1) is 33.8 Å². The predicted molar refractivity (Wildman–Crippen MR) is 116 cm³/mol. The van der Waals surface area contributed by atoms with E-state index in [1.165, 1.54) is 29.2 Å². The van der Waals surface area contributed by atoms with Crippen LogP contribution in [0.1, 0.15) is 25.0 Å². The summed E-state index contributed by atoms with van der Waals surface area (Å²) in [5, 5.41) is 2.35. The van der Waals surface area contributed by atoms with E-state index in [4.69, 9.17) is 15.7 Å². The third-order valence-electron chi connectivity index (χ3n) is 5.30. The summed E-state index contributed by atoms with van der Waals surface area (Å²) in [6.45, 7) is 1.02. The highest BCUT2D eigenvalue weighted by atomic mass is 32.2. The molecule has 0 saturated carbocycles. The summed E-state index contributed by atoms with van der Waals surface area (Å²) >= 11 is 0. The Bertz CT molecular complexity index is 1240. The van der Waals surface area contributed by atoms with Crippen LogP contribution in [0.5, 0.6) is 0 Å². The molecule has 14 heteroatoms. The minimum atomic E-state index is -3.59. The van der Waals surface area contributed by atoms with Crippen molar-refractivity contribution in [3.05, 3.63) is 36.4 Å². The second-order valence-electron chi connectivity index (χ2n) is 7.83. The molecule has 0 aliphatic carbocycles. The van der Waals surface area contributed by atoms with Gasteiger partial charge in [-0.15, -0.1) is 0 Å². The fourth-order valence-corrected chi connectivity index (χ4v) is 4.63. The number of nitrogens with one attached hydrogen (secondary N) is 1. The summed E-state index contributed by atoms with van der Waals surface area (Å²) in [6, 6.07) is 4.39. The van der Waals surface area contributed by atoms with Crippen molar-refractivity contribution in [1.82, 2.24) is 29.3 Å². The van der Waals surface area contributed by atoms with Crippen LogP contribution in [0.3, 0.4) is 0 Å². The van der Waals surface area contributed by atoms with Crippen molar-refractivity contribution in [1.29, 1.82) is 0 Å². The van der Waals surface area contributed by atoms with E-state index in [9.17, 15) is 17.2 Å². The highest BCUT2D eigenvalue weighted by molar-refractivity contribution is 7.88. The number of hydrogen-bond donors (Lipinski definition) is 1. The molecule has 4 radical (unpaired) electrons. The number of hydrogen-bond acceptors (Lipinski definition) is 7. The van der Waals surface area contributed by atoms with Crippen molar-refractivity contribution in [3.63, 3.8) is 0 Å². The maximum atomic E-state index is 13.1. The van der Waals surface area contributed by atoms with E-state index in [2.05, 4.69) is 24.8 Å². The first-order chi connectivity index (χ1) is 15.0. The minimum Gasteiger partial charge on any atom is -0.356 e. The van der Waals surface area contributed by atoms with Crippen LogP contribution in [0.25, 0.3) is 17.0 Å². The number of rotatable bonds is 6. The number of nitrogens with zero attached hydrogens (tertiary/aromatic N) is 6. The van der Waals surface area contributed by atoms with Crippen LogP contribution in [0.4, 0.5) is 14.6 Å². The Balaban J connectivity index is 1.62. The second kappa shape index (κ2) is 8.39. The zero-order chi connectivity index (χ0) is 23.1. The normalized spacial score (nSPS) is 17.9. The maximum Gasteiger partial charge on any atom is 0.282 e.